The lowest BCUT2D eigenvalue weighted by Gasteiger charge is -2.24. The van der Waals surface area contributed by atoms with Crippen molar-refractivity contribution in [1.82, 2.24) is 5.32 Å². The molecule has 0 fully saturated rings. The predicted molar refractivity (Wildman–Crippen MR) is 115 cm³/mol. The number of fused-ring (bicyclic) bond motifs is 2. The summed E-state index contributed by atoms with van der Waals surface area (Å²) in [5.41, 5.74) is 2.36. The van der Waals surface area contributed by atoms with Gasteiger partial charge in [-0.1, -0.05) is 31.2 Å². The van der Waals surface area contributed by atoms with Crippen LogP contribution in [0.1, 0.15) is 58.0 Å². The number of carbonyl (C=O) groups is 4. The lowest BCUT2D eigenvalue weighted by atomic mass is 9.82. The topological polar surface area (TPSA) is 104 Å². The van der Waals surface area contributed by atoms with Crippen molar-refractivity contribution in [2.24, 2.45) is 0 Å². The van der Waals surface area contributed by atoms with Crippen molar-refractivity contribution in [2.75, 3.05) is 30.8 Å². The van der Waals surface area contributed by atoms with Crippen LogP contribution in [0.15, 0.2) is 36.4 Å². The molecule has 0 heterocycles. The maximum absolute atomic E-state index is 13.3. The Morgan fingerprint density at radius 3 is 1.77 bits per heavy atom. The van der Waals surface area contributed by atoms with Gasteiger partial charge in [-0.25, -0.2) is 0 Å². The van der Waals surface area contributed by atoms with Crippen LogP contribution < -0.4 is 16.0 Å². The highest BCUT2D eigenvalue weighted by molar-refractivity contribution is 6.31. The summed E-state index contributed by atoms with van der Waals surface area (Å²) in [6.45, 7) is 2.52. The largest absolute Gasteiger partial charge is 0.384 e. The highest BCUT2D eigenvalue weighted by Crippen LogP contribution is 2.36. The molecule has 7 heteroatoms. The molecule has 0 unspecified atom stereocenters. The highest BCUT2D eigenvalue weighted by atomic mass is 16.2. The van der Waals surface area contributed by atoms with E-state index in [1.54, 1.807) is 43.4 Å². The molecular formula is C23H25N3O4. The average Bonchev–Trinajstić information content (AvgIpc) is 2.77. The summed E-state index contributed by atoms with van der Waals surface area (Å²) in [6, 6.07) is 10.2. The van der Waals surface area contributed by atoms with Crippen LogP contribution in [0.5, 0.6) is 0 Å². The molecule has 2 aromatic rings. The second kappa shape index (κ2) is 9.35. The Morgan fingerprint density at radius 1 is 0.800 bits per heavy atom. The summed E-state index contributed by atoms with van der Waals surface area (Å²) in [5, 5.41) is 8.81. The first-order chi connectivity index (χ1) is 14.5. The van der Waals surface area contributed by atoms with E-state index in [1.807, 2.05) is 6.92 Å². The van der Waals surface area contributed by atoms with Gasteiger partial charge in [0.25, 0.3) is 0 Å². The zero-order valence-corrected chi connectivity index (χ0v) is 17.1. The van der Waals surface area contributed by atoms with Crippen molar-refractivity contribution in [2.45, 2.75) is 26.2 Å². The molecule has 0 radical (unpaired) electrons. The van der Waals surface area contributed by atoms with Gasteiger partial charge in [-0.15, -0.1) is 0 Å². The van der Waals surface area contributed by atoms with Crippen LogP contribution in [0.3, 0.4) is 0 Å². The Morgan fingerprint density at radius 2 is 1.30 bits per heavy atom. The van der Waals surface area contributed by atoms with Crippen LogP contribution in [0, 0.1) is 0 Å². The summed E-state index contributed by atoms with van der Waals surface area (Å²) < 4.78 is 0. The van der Waals surface area contributed by atoms with Crippen molar-refractivity contribution in [3.05, 3.63) is 58.7 Å². The minimum absolute atomic E-state index is 0.122. The molecule has 0 bridgehead atoms. The maximum Gasteiger partial charge on any atom is 0.221 e. The van der Waals surface area contributed by atoms with Crippen molar-refractivity contribution < 1.29 is 19.2 Å². The highest BCUT2D eigenvalue weighted by Gasteiger charge is 2.33. The van der Waals surface area contributed by atoms with E-state index in [-0.39, 0.29) is 29.7 Å². The third-order valence-corrected chi connectivity index (χ3v) is 5.14. The van der Waals surface area contributed by atoms with E-state index in [0.717, 1.165) is 0 Å². The van der Waals surface area contributed by atoms with Crippen LogP contribution >= 0.6 is 0 Å². The Kier molecular flexibility index (Phi) is 6.61. The van der Waals surface area contributed by atoms with E-state index >= 15 is 0 Å². The molecule has 1 amide bonds. The maximum atomic E-state index is 13.3. The van der Waals surface area contributed by atoms with Gasteiger partial charge in [-0.2, -0.15) is 0 Å². The smallest absolute Gasteiger partial charge is 0.221 e. The third-order valence-electron chi connectivity index (χ3n) is 5.14. The fourth-order valence-corrected chi connectivity index (χ4v) is 3.47. The molecule has 7 nitrogen and oxygen atoms in total. The Bertz CT molecular complexity index is 934. The molecule has 0 aromatic heterocycles. The van der Waals surface area contributed by atoms with Crippen LogP contribution in [-0.2, 0) is 9.59 Å². The first kappa shape index (κ1) is 21.2. The van der Waals surface area contributed by atoms with Crippen LogP contribution in [0.4, 0.5) is 11.4 Å². The predicted octanol–water partition coefficient (Wildman–Crippen LogP) is 2.79. The van der Waals surface area contributed by atoms with Gasteiger partial charge in [-0.05, 0) is 12.1 Å². The number of anilines is 2. The number of ketones is 3. The van der Waals surface area contributed by atoms with Gasteiger partial charge in [0.15, 0.2) is 11.6 Å². The summed E-state index contributed by atoms with van der Waals surface area (Å²) in [5.74, 6) is -0.477. The molecule has 156 valence electrons. The van der Waals surface area contributed by atoms with Crippen molar-refractivity contribution in [1.29, 1.82) is 0 Å². The van der Waals surface area contributed by atoms with Crippen molar-refractivity contribution >= 4 is 34.6 Å². The fourth-order valence-electron chi connectivity index (χ4n) is 3.47. The molecule has 2 aromatic carbocycles. The van der Waals surface area contributed by atoms with Gasteiger partial charge in [0.2, 0.25) is 5.91 Å². The van der Waals surface area contributed by atoms with Gasteiger partial charge in [0, 0.05) is 61.9 Å². The third kappa shape index (κ3) is 4.25. The lowest BCUT2D eigenvalue weighted by molar-refractivity contribution is -0.120. The van der Waals surface area contributed by atoms with Crippen molar-refractivity contribution in [3.8, 4) is 0 Å². The quantitative estimate of drug-likeness (QED) is 0.504. The Balaban J connectivity index is 1.97. The van der Waals surface area contributed by atoms with Gasteiger partial charge in [-0.3, -0.25) is 19.2 Å². The van der Waals surface area contributed by atoms with E-state index < -0.39 is 0 Å². The van der Waals surface area contributed by atoms with E-state index in [2.05, 4.69) is 16.0 Å². The number of benzene rings is 2. The number of amides is 1. The number of nitrogens with one attached hydrogen (secondary N) is 3. The van der Waals surface area contributed by atoms with Crippen molar-refractivity contribution in [3.63, 3.8) is 0 Å². The van der Waals surface area contributed by atoms with Gasteiger partial charge < -0.3 is 16.0 Å². The second-order valence-corrected chi connectivity index (χ2v) is 7.03. The standard InChI is InChI=1S/C23H25N3O4/c1-3-14(27)10-12-25-17-8-9-18(26-13-11-19(28)24-2)21-20(17)22(29)15-6-4-5-7-16(15)23(21)30/h4-9,25-26H,3,10-13H2,1-2H3,(H,24,28). The molecular weight excluding hydrogens is 382 g/mol. The van der Waals surface area contributed by atoms with E-state index in [9.17, 15) is 19.2 Å². The molecule has 3 N–H and O–H groups in total. The number of rotatable bonds is 9. The van der Waals surface area contributed by atoms with Crippen LogP contribution in [0.2, 0.25) is 0 Å². The average molecular weight is 407 g/mol. The lowest BCUT2D eigenvalue weighted by Crippen LogP contribution is -2.25. The van der Waals surface area contributed by atoms with Gasteiger partial charge >= 0.3 is 0 Å². The minimum atomic E-state index is -0.240. The Hall–Kier alpha value is -3.48. The molecule has 0 saturated carbocycles. The van der Waals surface area contributed by atoms with E-state index in [0.29, 0.717) is 59.6 Å². The molecule has 30 heavy (non-hydrogen) atoms. The first-order valence-corrected chi connectivity index (χ1v) is 10.0. The molecule has 1 aliphatic rings. The second-order valence-electron chi connectivity index (χ2n) is 7.03. The SMILES string of the molecule is CCC(=O)CCNc1ccc(NCCC(=O)NC)c2c1C(=O)c1ccccc1C2=O. The van der Waals surface area contributed by atoms with E-state index in [1.165, 1.54) is 0 Å². The molecule has 0 aliphatic heterocycles. The zero-order valence-electron chi connectivity index (χ0n) is 17.1. The molecule has 0 atom stereocenters. The Labute approximate surface area is 175 Å². The molecule has 3 rings (SSSR count). The number of hydrogen-bond acceptors (Lipinski definition) is 6. The van der Waals surface area contributed by atoms with Crippen LogP contribution in [0.25, 0.3) is 0 Å². The fraction of sp³-hybridized carbons (Fsp3) is 0.304. The summed E-state index contributed by atoms with van der Waals surface area (Å²) in [6.07, 6.45) is 1.04. The normalized spacial score (nSPS) is 12.1. The number of carbonyl (C=O) groups excluding carboxylic acids is 4. The number of Topliss-reactive ketones (excluding diaryl/α,β-unsaturated/α-hetero) is 1. The monoisotopic (exact) mass is 407 g/mol. The summed E-state index contributed by atoms with van der Waals surface area (Å²) >= 11 is 0. The summed E-state index contributed by atoms with van der Waals surface area (Å²) in [7, 11) is 1.56. The van der Waals surface area contributed by atoms with Gasteiger partial charge in [0.1, 0.15) is 5.78 Å². The van der Waals surface area contributed by atoms with Gasteiger partial charge in [0.05, 0.1) is 11.1 Å². The molecule has 1 aliphatic carbocycles. The van der Waals surface area contributed by atoms with E-state index in [4.69, 9.17) is 0 Å². The minimum Gasteiger partial charge on any atom is -0.384 e. The molecule has 0 saturated heterocycles. The zero-order chi connectivity index (χ0) is 21.7. The summed E-state index contributed by atoms with van der Waals surface area (Å²) in [4.78, 5) is 49.6. The van der Waals surface area contributed by atoms with Crippen LogP contribution in [-0.4, -0.2) is 43.4 Å². The number of hydrogen-bond donors (Lipinski definition) is 3. The molecule has 0 spiro atoms. The first-order valence-electron chi connectivity index (χ1n) is 10.0.